The number of alkyl carbamates (subject to hydrolysis) is 1. The molecule has 0 spiro atoms. The molecule has 4 rings (SSSR count). The van der Waals surface area contributed by atoms with Crippen molar-refractivity contribution < 1.29 is 33.8 Å². The van der Waals surface area contributed by atoms with Crippen molar-refractivity contribution in [3.8, 4) is 5.75 Å². The molecule has 3 unspecified atom stereocenters. The smallest absolute Gasteiger partial charge is 0.408 e. The van der Waals surface area contributed by atoms with E-state index in [1.165, 1.54) is 0 Å². The molecule has 1 saturated carbocycles. The molecule has 1 heterocycles. The molecule has 220 valence electrons. The van der Waals surface area contributed by atoms with E-state index in [4.69, 9.17) is 9.47 Å². The van der Waals surface area contributed by atoms with Crippen LogP contribution in [-0.4, -0.2) is 53.2 Å². The molecule has 2 aliphatic rings. The zero-order valence-electron chi connectivity index (χ0n) is 23.6. The minimum atomic E-state index is -1.24. The molecular formula is C31H39N3O7. The van der Waals surface area contributed by atoms with Gasteiger partial charge in [0, 0.05) is 18.9 Å². The van der Waals surface area contributed by atoms with Crippen molar-refractivity contribution in [2.45, 2.75) is 76.7 Å². The van der Waals surface area contributed by atoms with Gasteiger partial charge >= 0.3 is 12.1 Å². The van der Waals surface area contributed by atoms with Crippen LogP contribution in [0.2, 0.25) is 0 Å². The van der Waals surface area contributed by atoms with E-state index in [1.54, 1.807) is 0 Å². The number of nitrogens with one attached hydrogen (secondary N) is 3. The third-order valence-electron chi connectivity index (χ3n) is 7.40. The zero-order chi connectivity index (χ0) is 29.4. The Bertz CT molecular complexity index is 1230. The van der Waals surface area contributed by atoms with Gasteiger partial charge in [-0.2, -0.15) is 0 Å². The summed E-state index contributed by atoms with van der Waals surface area (Å²) in [5, 5.41) is 17.5. The summed E-state index contributed by atoms with van der Waals surface area (Å²) >= 11 is 0. The summed E-state index contributed by atoms with van der Waals surface area (Å²) in [6.07, 6.45) is 1.98. The normalized spacial score (nSPS) is 18.6. The van der Waals surface area contributed by atoms with E-state index in [0.717, 1.165) is 16.9 Å². The highest BCUT2D eigenvalue weighted by Gasteiger charge is 2.47. The van der Waals surface area contributed by atoms with Gasteiger partial charge in [-0.25, -0.2) is 9.59 Å². The quantitative estimate of drug-likeness (QED) is 0.274. The molecule has 4 N–H and O–H groups in total. The van der Waals surface area contributed by atoms with Crippen LogP contribution in [0.15, 0.2) is 54.6 Å². The number of carbonyl (C=O) groups excluding carboxylic acids is 3. The molecular weight excluding hydrogens is 526 g/mol. The van der Waals surface area contributed by atoms with Gasteiger partial charge in [0.25, 0.3) is 0 Å². The molecule has 2 aromatic carbocycles. The number of aliphatic carboxylic acids is 1. The lowest BCUT2D eigenvalue weighted by Crippen LogP contribution is -2.53. The molecule has 3 atom stereocenters. The second kappa shape index (κ2) is 13.5. The van der Waals surface area contributed by atoms with E-state index in [1.807, 2.05) is 68.4 Å². The lowest BCUT2D eigenvalue weighted by molar-refractivity contribution is -0.143. The predicted octanol–water partition coefficient (Wildman–Crippen LogP) is 3.58. The molecule has 1 aliphatic heterocycles. The molecule has 2 fully saturated rings. The predicted molar refractivity (Wildman–Crippen MR) is 151 cm³/mol. The van der Waals surface area contributed by atoms with Gasteiger partial charge in [0.2, 0.25) is 11.8 Å². The second-order valence-corrected chi connectivity index (χ2v) is 11.4. The third kappa shape index (κ3) is 8.96. The first-order chi connectivity index (χ1) is 19.6. The number of amides is 3. The van der Waals surface area contributed by atoms with E-state index in [2.05, 4.69) is 16.0 Å². The summed E-state index contributed by atoms with van der Waals surface area (Å²) < 4.78 is 11.8. The first-order valence-corrected chi connectivity index (χ1v) is 14.2. The Kier molecular flexibility index (Phi) is 9.86. The van der Waals surface area contributed by atoms with E-state index >= 15 is 0 Å². The minimum absolute atomic E-state index is 0.0109. The van der Waals surface area contributed by atoms with Crippen LogP contribution >= 0.6 is 0 Å². The number of carbonyl (C=O) groups is 4. The summed E-state index contributed by atoms with van der Waals surface area (Å²) in [6, 6.07) is 15.4. The fourth-order valence-corrected chi connectivity index (χ4v) is 5.03. The average molecular weight is 566 g/mol. The highest BCUT2D eigenvalue weighted by molar-refractivity contribution is 5.90. The van der Waals surface area contributed by atoms with E-state index in [0.29, 0.717) is 45.3 Å². The fourth-order valence-electron chi connectivity index (χ4n) is 5.03. The SMILES string of the molecule is CC(C)CC(NC(=O)OC1(Cc2cccc(OCc3ccccc3)c2)CC1)C(=O)NC(CC1CCNC1=O)C(=O)O. The van der Waals surface area contributed by atoms with Gasteiger partial charge in [-0.15, -0.1) is 0 Å². The van der Waals surface area contributed by atoms with Crippen molar-refractivity contribution >= 4 is 23.9 Å². The largest absolute Gasteiger partial charge is 0.489 e. The van der Waals surface area contributed by atoms with Gasteiger partial charge in [0.15, 0.2) is 0 Å². The van der Waals surface area contributed by atoms with Gasteiger partial charge in [-0.3, -0.25) is 9.59 Å². The maximum Gasteiger partial charge on any atom is 0.408 e. The van der Waals surface area contributed by atoms with Gasteiger partial charge in [0.1, 0.15) is 30.0 Å². The number of carboxylic acid groups (broad SMARTS) is 1. The monoisotopic (exact) mass is 565 g/mol. The standard InChI is InChI=1S/C31H39N3O7/c1-20(2)15-25(28(36)33-26(29(37)38)17-23-11-14-32-27(23)35)34-30(39)41-31(12-13-31)18-22-9-6-10-24(16-22)40-19-21-7-4-3-5-8-21/h3-10,16,20,23,25-26H,11-15,17-19H2,1-2H3,(H,32,35)(H,33,36)(H,34,39)(H,37,38). The molecule has 1 aliphatic carbocycles. The average Bonchev–Trinajstić information content (AvgIpc) is 3.55. The van der Waals surface area contributed by atoms with Crippen molar-refractivity contribution in [1.29, 1.82) is 0 Å². The second-order valence-electron chi connectivity index (χ2n) is 11.4. The van der Waals surface area contributed by atoms with Crippen LogP contribution < -0.4 is 20.7 Å². The Morgan fingerprint density at radius 2 is 1.76 bits per heavy atom. The topological polar surface area (TPSA) is 143 Å². The Hall–Kier alpha value is -4.08. The maximum absolute atomic E-state index is 13.1. The van der Waals surface area contributed by atoms with Crippen LogP contribution in [0.1, 0.15) is 57.1 Å². The first-order valence-electron chi connectivity index (χ1n) is 14.2. The molecule has 3 amide bonds. The van der Waals surface area contributed by atoms with Gasteiger partial charge in [-0.1, -0.05) is 56.3 Å². The summed E-state index contributed by atoms with van der Waals surface area (Å²) in [7, 11) is 0. The molecule has 2 aromatic rings. The maximum atomic E-state index is 13.1. The summed E-state index contributed by atoms with van der Waals surface area (Å²) in [5.41, 5.74) is 1.37. The van der Waals surface area contributed by atoms with Gasteiger partial charge in [0.05, 0.1) is 0 Å². The molecule has 41 heavy (non-hydrogen) atoms. The Balaban J connectivity index is 1.33. The number of hydrogen-bond donors (Lipinski definition) is 4. The van der Waals surface area contributed by atoms with Crippen molar-refractivity contribution in [3.05, 3.63) is 65.7 Å². The van der Waals surface area contributed by atoms with Crippen molar-refractivity contribution in [1.82, 2.24) is 16.0 Å². The summed E-state index contributed by atoms with van der Waals surface area (Å²) in [4.78, 5) is 49.8. The van der Waals surface area contributed by atoms with Crippen LogP contribution in [-0.2, 0) is 32.1 Å². The number of benzene rings is 2. The van der Waals surface area contributed by atoms with Crippen LogP contribution in [0.25, 0.3) is 0 Å². The number of carboxylic acids is 1. The summed E-state index contributed by atoms with van der Waals surface area (Å²) in [5.74, 6) is -1.76. The van der Waals surface area contributed by atoms with Crippen molar-refractivity contribution in [2.75, 3.05) is 6.54 Å². The molecule has 1 saturated heterocycles. The molecule has 0 aromatic heterocycles. The molecule has 0 bridgehead atoms. The minimum Gasteiger partial charge on any atom is -0.489 e. The van der Waals surface area contributed by atoms with Crippen LogP contribution in [0.3, 0.4) is 0 Å². The fraction of sp³-hybridized carbons (Fsp3) is 0.484. The molecule has 0 radical (unpaired) electrons. The van der Waals surface area contributed by atoms with Crippen LogP contribution in [0, 0.1) is 11.8 Å². The van der Waals surface area contributed by atoms with Crippen LogP contribution in [0.4, 0.5) is 4.79 Å². The lowest BCUT2D eigenvalue weighted by Gasteiger charge is -2.25. The lowest BCUT2D eigenvalue weighted by atomic mass is 9.97. The van der Waals surface area contributed by atoms with Crippen molar-refractivity contribution in [2.24, 2.45) is 11.8 Å². The third-order valence-corrected chi connectivity index (χ3v) is 7.40. The van der Waals surface area contributed by atoms with Crippen molar-refractivity contribution in [3.63, 3.8) is 0 Å². The number of rotatable bonds is 14. The molecule has 10 nitrogen and oxygen atoms in total. The number of hydrogen-bond acceptors (Lipinski definition) is 6. The molecule has 10 heteroatoms. The van der Waals surface area contributed by atoms with E-state index in [-0.39, 0.29) is 18.2 Å². The Morgan fingerprint density at radius 3 is 2.39 bits per heavy atom. The Labute approximate surface area is 240 Å². The first kappa shape index (κ1) is 29.9. The van der Waals surface area contributed by atoms with Gasteiger partial charge in [-0.05, 0) is 61.3 Å². The Morgan fingerprint density at radius 1 is 1.02 bits per heavy atom. The highest BCUT2D eigenvalue weighted by atomic mass is 16.6. The van der Waals surface area contributed by atoms with Gasteiger partial charge < -0.3 is 30.5 Å². The van der Waals surface area contributed by atoms with E-state index in [9.17, 15) is 24.3 Å². The van der Waals surface area contributed by atoms with E-state index < -0.39 is 41.6 Å². The summed E-state index contributed by atoms with van der Waals surface area (Å²) in [6.45, 7) is 4.74. The zero-order valence-corrected chi connectivity index (χ0v) is 23.6. The van der Waals surface area contributed by atoms with Crippen LogP contribution in [0.5, 0.6) is 5.75 Å². The number of ether oxygens (including phenoxy) is 2. The highest BCUT2D eigenvalue weighted by Crippen LogP contribution is 2.43.